The van der Waals surface area contributed by atoms with Gasteiger partial charge in [0, 0.05) is 38.1 Å². The van der Waals surface area contributed by atoms with E-state index < -0.39 is 5.60 Å². The van der Waals surface area contributed by atoms with E-state index in [1.807, 2.05) is 62.2 Å². The molecule has 1 fully saturated rings. The first-order valence-corrected chi connectivity index (χ1v) is 10.5. The van der Waals surface area contributed by atoms with Crippen LogP contribution in [-0.4, -0.2) is 44.2 Å². The number of imidazole rings is 1. The van der Waals surface area contributed by atoms with E-state index in [0.717, 1.165) is 35.4 Å². The molecule has 0 saturated carbocycles. The molecule has 1 N–H and O–H groups in total. The Bertz CT molecular complexity index is 1000. The Balaban J connectivity index is 1.51. The van der Waals surface area contributed by atoms with Gasteiger partial charge in [-0.3, -0.25) is 4.98 Å². The van der Waals surface area contributed by atoms with Gasteiger partial charge in [0.1, 0.15) is 5.60 Å². The molecule has 0 bridgehead atoms. The van der Waals surface area contributed by atoms with Crippen LogP contribution >= 0.6 is 0 Å². The number of amides is 1. The third-order valence-corrected chi connectivity index (χ3v) is 5.25. The summed E-state index contributed by atoms with van der Waals surface area (Å²) >= 11 is 0. The van der Waals surface area contributed by atoms with E-state index in [4.69, 9.17) is 9.72 Å². The number of carbonyl (C=O) groups excluding carboxylic acids is 1. The molecular formula is C23H29N5O2. The summed E-state index contributed by atoms with van der Waals surface area (Å²) in [6.07, 6.45) is 5.13. The monoisotopic (exact) mass is 407 g/mol. The minimum absolute atomic E-state index is 0.230. The van der Waals surface area contributed by atoms with Crippen LogP contribution in [0.25, 0.3) is 11.0 Å². The predicted molar refractivity (Wildman–Crippen MR) is 117 cm³/mol. The standard InChI is InChI=1S/C23H29N5O2/c1-23(2,3)30-22(29)27-13-10-18(11-14-27)28-20-9-5-4-8-19(20)26-21(28)25-16-17-7-6-12-24-15-17/h4-9,12,15,18H,10-11,13-14,16H2,1-3H3,(H,25,26). The number of para-hydroxylation sites is 2. The van der Waals surface area contributed by atoms with Crippen molar-refractivity contribution in [1.29, 1.82) is 0 Å². The second-order valence-corrected chi connectivity index (χ2v) is 8.71. The SMILES string of the molecule is CC(C)(C)OC(=O)N1CCC(n2c(NCc3cccnc3)nc3ccccc32)CC1. The summed E-state index contributed by atoms with van der Waals surface area (Å²) in [5.74, 6) is 0.857. The molecule has 1 aliphatic heterocycles. The number of fused-ring (bicyclic) bond motifs is 1. The molecule has 7 nitrogen and oxygen atoms in total. The van der Waals surface area contributed by atoms with Gasteiger partial charge in [-0.2, -0.15) is 0 Å². The lowest BCUT2D eigenvalue weighted by atomic mass is 10.0. The Morgan fingerprint density at radius 2 is 1.93 bits per heavy atom. The molecule has 0 aliphatic carbocycles. The van der Waals surface area contributed by atoms with Gasteiger partial charge >= 0.3 is 6.09 Å². The lowest BCUT2D eigenvalue weighted by molar-refractivity contribution is 0.0190. The van der Waals surface area contributed by atoms with E-state index >= 15 is 0 Å². The fourth-order valence-corrected chi connectivity index (χ4v) is 3.86. The van der Waals surface area contributed by atoms with Gasteiger partial charge in [-0.25, -0.2) is 9.78 Å². The van der Waals surface area contributed by atoms with Crippen LogP contribution in [0.4, 0.5) is 10.7 Å². The molecule has 1 aromatic carbocycles. The van der Waals surface area contributed by atoms with Gasteiger partial charge in [0.05, 0.1) is 11.0 Å². The van der Waals surface area contributed by atoms with Crippen molar-refractivity contribution in [1.82, 2.24) is 19.4 Å². The summed E-state index contributed by atoms with van der Waals surface area (Å²) in [6.45, 7) is 7.70. The number of anilines is 1. The highest BCUT2D eigenvalue weighted by Crippen LogP contribution is 2.31. The second-order valence-electron chi connectivity index (χ2n) is 8.71. The number of carbonyl (C=O) groups is 1. The van der Waals surface area contributed by atoms with E-state index in [2.05, 4.69) is 20.9 Å². The highest BCUT2D eigenvalue weighted by Gasteiger charge is 2.29. The molecule has 7 heteroatoms. The zero-order valence-corrected chi connectivity index (χ0v) is 17.8. The number of nitrogens with zero attached hydrogens (tertiary/aromatic N) is 4. The summed E-state index contributed by atoms with van der Waals surface area (Å²) in [6, 6.07) is 12.5. The quantitative estimate of drug-likeness (QED) is 0.683. The molecule has 1 aliphatic rings. The van der Waals surface area contributed by atoms with Gasteiger partial charge in [0.25, 0.3) is 0 Å². The van der Waals surface area contributed by atoms with E-state index in [0.29, 0.717) is 19.6 Å². The molecule has 4 rings (SSSR count). The van der Waals surface area contributed by atoms with Crippen molar-refractivity contribution in [3.63, 3.8) is 0 Å². The van der Waals surface area contributed by atoms with Gasteiger partial charge < -0.3 is 19.5 Å². The van der Waals surface area contributed by atoms with Crippen molar-refractivity contribution >= 4 is 23.1 Å². The van der Waals surface area contributed by atoms with Crippen LogP contribution in [0.3, 0.4) is 0 Å². The lowest BCUT2D eigenvalue weighted by Crippen LogP contribution is -2.42. The maximum atomic E-state index is 12.4. The average Bonchev–Trinajstić information content (AvgIpc) is 3.10. The number of pyridine rings is 1. The number of nitrogens with one attached hydrogen (secondary N) is 1. The Kier molecular flexibility index (Phi) is 5.61. The molecule has 158 valence electrons. The van der Waals surface area contributed by atoms with Crippen LogP contribution < -0.4 is 5.32 Å². The average molecular weight is 408 g/mol. The summed E-state index contributed by atoms with van der Waals surface area (Å²) in [5.41, 5.74) is 2.72. The van der Waals surface area contributed by atoms with E-state index in [-0.39, 0.29) is 12.1 Å². The Morgan fingerprint density at radius 1 is 1.17 bits per heavy atom. The number of benzene rings is 1. The van der Waals surface area contributed by atoms with E-state index in [9.17, 15) is 4.79 Å². The molecule has 1 saturated heterocycles. The van der Waals surface area contributed by atoms with Gasteiger partial charge in [-0.15, -0.1) is 0 Å². The van der Waals surface area contributed by atoms with Crippen LogP contribution in [0.15, 0.2) is 48.8 Å². The van der Waals surface area contributed by atoms with Crippen molar-refractivity contribution in [2.75, 3.05) is 18.4 Å². The van der Waals surface area contributed by atoms with E-state index in [1.165, 1.54) is 0 Å². The summed E-state index contributed by atoms with van der Waals surface area (Å²) in [7, 11) is 0. The Morgan fingerprint density at radius 3 is 2.63 bits per heavy atom. The van der Waals surface area contributed by atoms with Gasteiger partial charge in [0.2, 0.25) is 5.95 Å². The fourth-order valence-electron chi connectivity index (χ4n) is 3.86. The summed E-state index contributed by atoms with van der Waals surface area (Å²) in [5, 5.41) is 3.49. The first kappa shape index (κ1) is 20.2. The zero-order chi connectivity index (χ0) is 21.1. The van der Waals surface area contributed by atoms with Crippen LogP contribution in [0.5, 0.6) is 0 Å². The largest absolute Gasteiger partial charge is 0.444 e. The topological polar surface area (TPSA) is 72.3 Å². The van der Waals surface area contributed by atoms with Gasteiger partial charge in [-0.05, 0) is 57.4 Å². The number of hydrogen-bond donors (Lipinski definition) is 1. The number of piperidine rings is 1. The molecule has 0 unspecified atom stereocenters. The summed E-state index contributed by atoms with van der Waals surface area (Å²) in [4.78, 5) is 23.2. The van der Waals surface area contributed by atoms with Crippen LogP contribution in [0.2, 0.25) is 0 Å². The third-order valence-electron chi connectivity index (χ3n) is 5.25. The molecule has 3 aromatic rings. The highest BCUT2D eigenvalue weighted by atomic mass is 16.6. The van der Waals surface area contributed by atoms with Crippen molar-refractivity contribution < 1.29 is 9.53 Å². The normalized spacial score (nSPS) is 15.4. The summed E-state index contributed by atoms with van der Waals surface area (Å²) < 4.78 is 7.82. The maximum Gasteiger partial charge on any atom is 0.410 e. The number of ether oxygens (including phenoxy) is 1. The minimum Gasteiger partial charge on any atom is -0.444 e. The molecule has 0 radical (unpaired) electrons. The van der Waals surface area contributed by atoms with Crippen LogP contribution in [0.1, 0.15) is 45.2 Å². The predicted octanol–water partition coefficient (Wildman–Crippen LogP) is 4.62. The smallest absolute Gasteiger partial charge is 0.410 e. The molecule has 0 atom stereocenters. The number of hydrogen-bond acceptors (Lipinski definition) is 5. The second kappa shape index (κ2) is 8.34. The number of likely N-dealkylation sites (tertiary alicyclic amines) is 1. The lowest BCUT2D eigenvalue weighted by Gasteiger charge is -2.34. The van der Waals surface area contributed by atoms with Crippen molar-refractivity contribution in [3.05, 3.63) is 54.4 Å². The molecule has 30 heavy (non-hydrogen) atoms. The number of aromatic nitrogens is 3. The van der Waals surface area contributed by atoms with Crippen LogP contribution in [0, 0.1) is 0 Å². The first-order chi connectivity index (χ1) is 14.4. The zero-order valence-electron chi connectivity index (χ0n) is 17.8. The van der Waals surface area contributed by atoms with Gasteiger partial charge in [0.15, 0.2) is 0 Å². The van der Waals surface area contributed by atoms with E-state index in [1.54, 1.807) is 6.20 Å². The third kappa shape index (κ3) is 4.56. The number of rotatable bonds is 4. The fraction of sp³-hybridized carbons (Fsp3) is 0.435. The molecule has 1 amide bonds. The Hall–Kier alpha value is -3.09. The highest BCUT2D eigenvalue weighted by molar-refractivity contribution is 5.79. The first-order valence-electron chi connectivity index (χ1n) is 10.5. The van der Waals surface area contributed by atoms with Crippen molar-refractivity contribution in [2.24, 2.45) is 0 Å². The Labute approximate surface area is 177 Å². The van der Waals surface area contributed by atoms with Crippen LogP contribution in [-0.2, 0) is 11.3 Å². The molecule has 3 heterocycles. The van der Waals surface area contributed by atoms with Gasteiger partial charge in [-0.1, -0.05) is 18.2 Å². The molecular weight excluding hydrogens is 378 g/mol. The van der Waals surface area contributed by atoms with Crippen molar-refractivity contribution in [2.45, 2.75) is 51.8 Å². The minimum atomic E-state index is -0.474. The molecule has 0 spiro atoms. The molecule has 2 aromatic heterocycles. The van der Waals surface area contributed by atoms with Crippen molar-refractivity contribution in [3.8, 4) is 0 Å². The maximum absolute atomic E-state index is 12.4.